The summed E-state index contributed by atoms with van der Waals surface area (Å²) in [5.41, 5.74) is 14.1. The second kappa shape index (κ2) is 12.9. The molecule has 0 fully saturated rings. The van der Waals surface area contributed by atoms with Crippen LogP contribution < -0.4 is 0 Å². The number of thiophene rings is 1. The first-order valence-corrected chi connectivity index (χ1v) is 20.9. The van der Waals surface area contributed by atoms with E-state index < -0.39 is 0 Å². The number of fused-ring (bicyclic) bond motifs is 9. The van der Waals surface area contributed by atoms with Crippen molar-refractivity contribution >= 4 is 53.3 Å². The van der Waals surface area contributed by atoms with Gasteiger partial charge >= 0.3 is 0 Å². The van der Waals surface area contributed by atoms with Gasteiger partial charge < -0.3 is 4.57 Å². The SMILES string of the molecule is CC1(C)c2ccccc2-c2cc3c4ccccc4n(-c4cc(-c5ccc(-c6nc(-c7ccccc7)nc(-c7ccccc7)n6)cc5)c5sc6ccccc6c5c4)c3cc21. The summed E-state index contributed by atoms with van der Waals surface area (Å²) >= 11 is 1.86. The second-order valence-electron chi connectivity index (χ2n) is 16.0. The molecular weight excluding hydrogens is 737 g/mol. The Bertz CT molecular complexity index is 3390. The molecule has 0 radical (unpaired) electrons. The molecule has 0 saturated carbocycles. The van der Waals surface area contributed by atoms with Crippen molar-refractivity contribution in [2.45, 2.75) is 19.3 Å². The Kier molecular flexibility index (Phi) is 7.41. The smallest absolute Gasteiger partial charge is 0.164 e. The van der Waals surface area contributed by atoms with Crippen LogP contribution in [0.4, 0.5) is 0 Å². The molecule has 12 rings (SSSR count). The number of aromatic nitrogens is 4. The van der Waals surface area contributed by atoms with Crippen molar-refractivity contribution < 1.29 is 0 Å². The van der Waals surface area contributed by atoms with Gasteiger partial charge in [-0.05, 0) is 64.2 Å². The van der Waals surface area contributed by atoms with E-state index >= 15 is 0 Å². The molecule has 0 saturated heterocycles. The highest BCUT2D eigenvalue weighted by atomic mass is 32.1. The summed E-state index contributed by atoms with van der Waals surface area (Å²) in [4.78, 5) is 14.9. The molecule has 11 aromatic rings. The van der Waals surface area contributed by atoms with Gasteiger partial charge in [-0.15, -0.1) is 11.3 Å². The van der Waals surface area contributed by atoms with Gasteiger partial charge in [0.15, 0.2) is 17.5 Å². The Labute approximate surface area is 345 Å². The summed E-state index contributed by atoms with van der Waals surface area (Å²) in [6, 6.07) is 65.4. The summed E-state index contributed by atoms with van der Waals surface area (Å²) in [6.07, 6.45) is 0. The number of para-hydroxylation sites is 1. The number of nitrogens with zero attached hydrogens (tertiary/aromatic N) is 4. The number of benzene rings is 8. The lowest BCUT2D eigenvalue weighted by Gasteiger charge is -2.21. The van der Waals surface area contributed by atoms with Crippen molar-refractivity contribution in [1.29, 1.82) is 0 Å². The van der Waals surface area contributed by atoms with E-state index in [-0.39, 0.29) is 5.41 Å². The second-order valence-corrected chi connectivity index (χ2v) is 17.1. The third-order valence-electron chi connectivity index (χ3n) is 12.3. The Morgan fingerprint density at radius 3 is 1.69 bits per heavy atom. The molecular formula is C54H36N4S. The van der Waals surface area contributed by atoms with Gasteiger partial charge in [0.25, 0.3) is 0 Å². The van der Waals surface area contributed by atoms with E-state index in [1.165, 1.54) is 69.8 Å². The fourth-order valence-corrected chi connectivity index (χ4v) is 10.6. The van der Waals surface area contributed by atoms with Gasteiger partial charge in [-0.25, -0.2) is 15.0 Å². The van der Waals surface area contributed by atoms with Crippen LogP contribution in [0.25, 0.3) is 104 Å². The highest BCUT2D eigenvalue weighted by Gasteiger charge is 2.36. The highest BCUT2D eigenvalue weighted by molar-refractivity contribution is 7.26. The minimum Gasteiger partial charge on any atom is -0.309 e. The fraction of sp³-hybridized carbons (Fsp3) is 0.0556. The fourth-order valence-electron chi connectivity index (χ4n) is 9.33. The maximum Gasteiger partial charge on any atom is 0.164 e. The molecule has 0 atom stereocenters. The molecule has 0 amide bonds. The number of rotatable bonds is 5. The predicted octanol–water partition coefficient (Wildman–Crippen LogP) is 14.3. The Hall–Kier alpha value is -7.21. The maximum absolute atomic E-state index is 5.01. The summed E-state index contributed by atoms with van der Waals surface area (Å²) in [5, 5.41) is 5.07. The van der Waals surface area contributed by atoms with E-state index in [0.717, 1.165) is 27.9 Å². The molecule has 0 spiro atoms. The van der Waals surface area contributed by atoms with Crippen LogP contribution >= 0.6 is 11.3 Å². The standard InChI is InChI=1S/C54H36N4S/c1-54(2)45-22-12-9-19-38(45)42-31-43-39-20-10-13-23-47(39)58(48(43)32-46(42)54)37-29-41(50-44(30-37)40-21-11-14-24-49(40)59-50)33-25-27-36(28-26-33)53-56-51(34-15-5-3-6-16-34)55-52(57-53)35-17-7-4-8-18-35/h3-32H,1-2H3. The molecule has 0 bridgehead atoms. The quantitative estimate of drug-likeness (QED) is 0.175. The normalized spacial score (nSPS) is 13.1. The van der Waals surface area contributed by atoms with Crippen LogP contribution in [0, 0.1) is 0 Å². The lowest BCUT2D eigenvalue weighted by atomic mass is 9.82. The Morgan fingerprint density at radius 2 is 0.983 bits per heavy atom. The molecule has 3 heterocycles. The zero-order valence-electron chi connectivity index (χ0n) is 32.5. The van der Waals surface area contributed by atoms with Crippen molar-refractivity contribution in [3.63, 3.8) is 0 Å². The molecule has 8 aromatic carbocycles. The molecule has 5 heteroatoms. The average Bonchev–Trinajstić information content (AvgIpc) is 3.91. The van der Waals surface area contributed by atoms with Crippen molar-refractivity contribution in [3.05, 3.63) is 193 Å². The van der Waals surface area contributed by atoms with Gasteiger partial charge in [-0.2, -0.15) is 0 Å². The molecule has 278 valence electrons. The van der Waals surface area contributed by atoms with E-state index in [0.29, 0.717) is 17.5 Å². The molecule has 4 nitrogen and oxygen atoms in total. The van der Waals surface area contributed by atoms with Crippen molar-refractivity contribution in [2.75, 3.05) is 0 Å². The zero-order chi connectivity index (χ0) is 39.2. The van der Waals surface area contributed by atoms with Crippen LogP contribution in [0.1, 0.15) is 25.0 Å². The zero-order valence-corrected chi connectivity index (χ0v) is 33.3. The topological polar surface area (TPSA) is 43.6 Å². The third kappa shape index (κ3) is 5.25. The van der Waals surface area contributed by atoms with Crippen LogP contribution in [-0.4, -0.2) is 19.5 Å². The van der Waals surface area contributed by atoms with Crippen molar-refractivity contribution in [2.24, 2.45) is 0 Å². The molecule has 0 N–H and O–H groups in total. The van der Waals surface area contributed by atoms with Crippen LogP contribution in [0.3, 0.4) is 0 Å². The van der Waals surface area contributed by atoms with Crippen LogP contribution in [0.15, 0.2) is 182 Å². The maximum atomic E-state index is 5.01. The first kappa shape index (κ1) is 33.9. The first-order valence-electron chi connectivity index (χ1n) is 20.1. The summed E-state index contributed by atoms with van der Waals surface area (Å²) in [5.74, 6) is 1.96. The van der Waals surface area contributed by atoms with E-state index in [4.69, 9.17) is 15.0 Å². The molecule has 59 heavy (non-hydrogen) atoms. The van der Waals surface area contributed by atoms with Crippen molar-refractivity contribution in [3.8, 4) is 62.1 Å². The van der Waals surface area contributed by atoms with Gasteiger partial charge in [0.2, 0.25) is 0 Å². The van der Waals surface area contributed by atoms with Gasteiger partial charge in [-0.1, -0.05) is 159 Å². The highest BCUT2D eigenvalue weighted by Crippen LogP contribution is 2.51. The lowest BCUT2D eigenvalue weighted by molar-refractivity contribution is 0.661. The van der Waals surface area contributed by atoms with E-state index in [9.17, 15) is 0 Å². The molecule has 3 aromatic heterocycles. The van der Waals surface area contributed by atoms with Gasteiger partial charge in [0.05, 0.1) is 11.0 Å². The van der Waals surface area contributed by atoms with E-state index in [1.807, 2.05) is 72.0 Å². The minimum atomic E-state index is -0.107. The van der Waals surface area contributed by atoms with E-state index in [2.05, 4.69) is 140 Å². The number of hydrogen-bond donors (Lipinski definition) is 0. The monoisotopic (exact) mass is 772 g/mol. The van der Waals surface area contributed by atoms with Crippen LogP contribution in [-0.2, 0) is 5.41 Å². The molecule has 0 aliphatic heterocycles. The van der Waals surface area contributed by atoms with Crippen LogP contribution in [0.2, 0.25) is 0 Å². The third-order valence-corrected chi connectivity index (χ3v) is 13.5. The van der Waals surface area contributed by atoms with Crippen molar-refractivity contribution in [1.82, 2.24) is 19.5 Å². The number of hydrogen-bond acceptors (Lipinski definition) is 4. The molecule has 1 aliphatic rings. The largest absolute Gasteiger partial charge is 0.309 e. The molecule has 0 unspecified atom stereocenters. The van der Waals surface area contributed by atoms with E-state index in [1.54, 1.807) is 0 Å². The molecule has 1 aliphatic carbocycles. The summed E-state index contributed by atoms with van der Waals surface area (Å²) < 4.78 is 5.05. The summed E-state index contributed by atoms with van der Waals surface area (Å²) in [6.45, 7) is 4.73. The van der Waals surface area contributed by atoms with Gasteiger partial charge in [0.1, 0.15) is 0 Å². The Morgan fingerprint density at radius 1 is 0.407 bits per heavy atom. The first-order chi connectivity index (χ1) is 29.0. The predicted molar refractivity (Wildman–Crippen MR) is 246 cm³/mol. The van der Waals surface area contributed by atoms with Gasteiger partial charge in [-0.3, -0.25) is 0 Å². The van der Waals surface area contributed by atoms with Crippen LogP contribution in [0.5, 0.6) is 0 Å². The minimum absolute atomic E-state index is 0.107. The van der Waals surface area contributed by atoms with Gasteiger partial charge in [0, 0.05) is 64.3 Å². The average molecular weight is 773 g/mol. The lowest BCUT2D eigenvalue weighted by Crippen LogP contribution is -2.14. The Balaban J connectivity index is 1.06. The summed E-state index contributed by atoms with van der Waals surface area (Å²) in [7, 11) is 0.